The maximum Gasteiger partial charge on any atom is 0.0953 e. The van der Waals surface area contributed by atoms with E-state index in [0.717, 1.165) is 0 Å². The molecular formula is C12H20N2S. The van der Waals surface area contributed by atoms with Crippen molar-refractivity contribution in [1.82, 2.24) is 4.98 Å². The van der Waals surface area contributed by atoms with Crippen LogP contribution in [0.3, 0.4) is 0 Å². The summed E-state index contributed by atoms with van der Waals surface area (Å²) >= 11 is 1.81. The normalized spacial score (nSPS) is 27.2. The number of nitrogens with zero attached hydrogens (tertiary/aromatic N) is 1. The van der Waals surface area contributed by atoms with Crippen molar-refractivity contribution < 1.29 is 0 Å². The molecule has 0 bridgehead atoms. The quantitative estimate of drug-likeness (QED) is 0.837. The molecule has 1 fully saturated rings. The highest BCUT2D eigenvalue weighted by atomic mass is 32.1. The van der Waals surface area contributed by atoms with Crippen LogP contribution in [0.25, 0.3) is 0 Å². The molecule has 0 unspecified atom stereocenters. The molecule has 0 aromatic carbocycles. The molecule has 2 N–H and O–H groups in total. The molecule has 0 atom stereocenters. The van der Waals surface area contributed by atoms with Gasteiger partial charge in [0.1, 0.15) is 0 Å². The Morgan fingerprint density at radius 3 is 2.53 bits per heavy atom. The van der Waals surface area contributed by atoms with Gasteiger partial charge in [-0.25, -0.2) is 4.98 Å². The lowest BCUT2D eigenvalue weighted by Crippen LogP contribution is -2.25. The average molecular weight is 224 g/mol. The van der Waals surface area contributed by atoms with Crippen molar-refractivity contribution in [3.8, 4) is 0 Å². The van der Waals surface area contributed by atoms with Crippen LogP contribution in [0.2, 0.25) is 0 Å². The van der Waals surface area contributed by atoms with Crippen molar-refractivity contribution in [2.24, 2.45) is 5.73 Å². The molecule has 0 aliphatic heterocycles. The van der Waals surface area contributed by atoms with Gasteiger partial charge in [0.2, 0.25) is 0 Å². The molecule has 1 aliphatic rings. The van der Waals surface area contributed by atoms with Gasteiger partial charge in [0, 0.05) is 23.3 Å². The second-order valence-electron chi connectivity index (χ2n) is 4.88. The largest absolute Gasteiger partial charge is 0.328 e. The number of aromatic nitrogens is 1. The number of rotatable bonds is 2. The fourth-order valence-electron chi connectivity index (χ4n) is 2.17. The molecule has 0 amide bonds. The van der Waals surface area contributed by atoms with E-state index in [4.69, 9.17) is 10.7 Å². The van der Waals surface area contributed by atoms with E-state index < -0.39 is 0 Å². The molecule has 1 aromatic heterocycles. The predicted octanol–water partition coefficient (Wildman–Crippen LogP) is 3.25. The molecule has 2 rings (SSSR count). The minimum absolute atomic E-state index is 0.435. The minimum Gasteiger partial charge on any atom is -0.328 e. The van der Waals surface area contributed by atoms with Crippen LogP contribution in [0.15, 0.2) is 5.38 Å². The van der Waals surface area contributed by atoms with Crippen LogP contribution in [0.4, 0.5) is 0 Å². The lowest BCUT2D eigenvalue weighted by Gasteiger charge is -2.24. The number of thiazole rings is 1. The van der Waals surface area contributed by atoms with E-state index in [0.29, 0.717) is 17.9 Å². The van der Waals surface area contributed by atoms with Gasteiger partial charge in [0.25, 0.3) is 0 Å². The lowest BCUT2D eigenvalue weighted by atomic mass is 9.85. The smallest absolute Gasteiger partial charge is 0.0953 e. The molecular weight excluding hydrogens is 204 g/mol. The van der Waals surface area contributed by atoms with Crippen molar-refractivity contribution in [3.05, 3.63) is 16.1 Å². The van der Waals surface area contributed by atoms with Crippen LogP contribution in [0.1, 0.15) is 62.1 Å². The SMILES string of the molecule is CC(C)c1nc(C2CCC(N)CC2)cs1. The minimum atomic E-state index is 0.435. The third-order valence-corrected chi connectivity index (χ3v) is 4.39. The van der Waals surface area contributed by atoms with Gasteiger partial charge in [-0.1, -0.05) is 13.8 Å². The van der Waals surface area contributed by atoms with Gasteiger partial charge in [-0.05, 0) is 25.7 Å². The van der Waals surface area contributed by atoms with Gasteiger partial charge in [-0.3, -0.25) is 0 Å². The van der Waals surface area contributed by atoms with Gasteiger partial charge in [-0.15, -0.1) is 11.3 Å². The predicted molar refractivity (Wildman–Crippen MR) is 65.4 cm³/mol. The first-order valence-corrected chi connectivity index (χ1v) is 6.75. The van der Waals surface area contributed by atoms with Crippen molar-refractivity contribution in [2.75, 3.05) is 0 Å². The van der Waals surface area contributed by atoms with E-state index in [9.17, 15) is 0 Å². The Hall–Kier alpha value is -0.410. The van der Waals surface area contributed by atoms with Crippen LogP contribution in [0, 0.1) is 0 Å². The first kappa shape index (κ1) is 11.1. The maximum absolute atomic E-state index is 5.91. The first-order valence-electron chi connectivity index (χ1n) is 5.87. The molecule has 1 aromatic rings. The molecule has 1 heterocycles. The Bertz CT molecular complexity index is 311. The highest BCUT2D eigenvalue weighted by Crippen LogP contribution is 2.33. The molecule has 3 heteroatoms. The fraction of sp³-hybridized carbons (Fsp3) is 0.750. The third-order valence-electron chi connectivity index (χ3n) is 3.22. The Balaban J connectivity index is 2.03. The van der Waals surface area contributed by atoms with E-state index in [1.807, 2.05) is 11.3 Å². The van der Waals surface area contributed by atoms with Crippen LogP contribution in [0.5, 0.6) is 0 Å². The van der Waals surface area contributed by atoms with E-state index in [1.165, 1.54) is 36.4 Å². The van der Waals surface area contributed by atoms with E-state index in [-0.39, 0.29) is 0 Å². The molecule has 1 aliphatic carbocycles. The van der Waals surface area contributed by atoms with Crippen molar-refractivity contribution in [3.63, 3.8) is 0 Å². The number of hydrogen-bond acceptors (Lipinski definition) is 3. The molecule has 15 heavy (non-hydrogen) atoms. The summed E-state index contributed by atoms with van der Waals surface area (Å²) in [6.07, 6.45) is 4.78. The summed E-state index contributed by atoms with van der Waals surface area (Å²) in [7, 11) is 0. The molecule has 1 saturated carbocycles. The number of nitrogens with two attached hydrogens (primary N) is 1. The third kappa shape index (κ3) is 2.58. The van der Waals surface area contributed by atoms with Crippen LogP contribution in [-0.4, -0.2) is 11.0 Å². The van der Waals surface area contributed by atoms with Crippen molar-refractivity contribution in [1.29, 1.82) is 0 Å². The standard InChI is InChI=1S/C12H20N2S/c1-8(2)12-14-11(7-15-12)9-3-5-10(13)6-4-9/h7-10H,3-6,13H2,1-2H3. The molecule has 84 valence electrons. The number of hydrogen-bond donors (Lipinski definition) is 1. The summed E-state index contributed by atoms with van der Waals surface area (Å²) in [5.74, 6) is 1.24. The van der Waals surface area contributed by atoms with Crippen LogP contribution in [-0.2, 0) is 0 Å². The zero-order valence-electron chi connectivity index (χ0n) is 9.57. The monoisotopic (exact) mass is 224 g/mol. The molecule has 2 nitrogen and oxygen atoms in total. The highest BCUT2D eigenvalue weighted by Gasteiger charge is 2.22. The first-order chi connectivity index (χ1) is 7.16. The van der Waals surface area contributed by atoms with Crippen LogP contribution >= 0.6 is 11.3 Å². The zero-order valence-corrected chi connectivity index (χ0v) is 10.4. The summed E-state index contributed by atoms with van der Waals surface area (Å²) in [6, 6.07) is 0.435. The van der Waals surface area contributed by atoms with Gasteiger partial charge in [-0.2, -0.15) is 0 Å². The zero-order chi connectivity index (χ0) is 10.8. The van der Waals surface area contributed by atoms with E-state index in [1.54, 1.807) is 0 Å². The van der Waals surface area contributed by atoms with Gasteiger partial charge in [0.15, 0.2) is 0 Å². The Morgan fingerprint density at radius 1 is 1.33 bits per heavy atom. The molecule has 0 saturated heterocycles. The van der Waals surface area contributed by atoms with Crippen molar-refractivity contribution in [2.45, 2.75) is 57.4 Å². The summed E-state index contributed by atoms with van der Waals surface area (Å²) < 4.78 is 0. The highest BCUT2D eigenvalue weighted by molar-refractivity contribution is 7.09. The Labute approximate surface area is 95.9 Å². The maximum atomic E-state index is 5.91. The fourth-order valence-corrected chi connectivity index (χ4v) is 3.09. The summed E-state index contributed by atoms with van der Waals surface area (Å²) in [5, 5.41) is 3.52. The average Bonchev–Trinajstić information content (AvgIpc) is 2.68. The van der Waals surface area contributed by atoms with E-state index in [2.05, 4.69) is 19.2 Å². The Kier molecular flexibility index (Phi) is 3.42. The molecule has 0 spiro atoms. The Morgan fingerprint density at radius 2 is 2.00 bits per heavy atom. The lowest BCUT2D eigenvalue weighted by molar-refractivity contribution is 0.391. The second kappa shape index (κ2) is 4.62. The molecule has 0 radical (unpaired) electrons. The van der Waals surface area contributed by atoms with Gasteiger partial charge >= 0.3 is 0 Å². The summed E-state index contributed by atoms with van der Waals surface area (Å²) in [6.45, 7) is 4.42. The topological polar surface area (TPSA) is 38.9 Å². The van der Waals surface area contributed by atoms with Gasteiger partial charge < -0.3 is 5.73 Å². The second-order valence-corrected chi connectivity index (χ2v) is 5.77. The summed E-state index contributed by atoms with van der Waals surface area (Å²) in [5.41, 5.74) is 7.23. The van der Waals surface area contributed by atoms with Gasteiger partial charge in [0.05, 0.1) is 10.7 Å². The summed E-state index contributed by atoms with van der Waals surface area (Å²) in [4.78, 5) is 4.74. The van der Waals surface area contributed by atoms with Crippen molar-refractivity contribution >= 4 is 11.3 Å². The van der Waals surface area contributed by atoms with E-state index >= 15 is 0 Å². The van der Waals surface area contributed by atoms with Crippen LogP contribution < -0.4 is 5.73 Å².